The van der Waals surface area contributed by atoms with Gasteiger partial charge in [0.25, 0.3) is 0 Å². The Balaban J connectivity index is 0.00000264. The summed E-state index contributed by atoms with van der Waals surface area (Å²) in [5.74, 6) is 1.70. The number of hydrogen-bond acceptors (Lipinski definition) is 2. The van der Waals surface area contributed by atoms with Gasteiger partial charge in [0.2, 0.25) is 0 Å². The van der Waals surface area contributed by atoms with Gasteiger partial charge in [-0.15, -0.1) is 24.0 Å². The third kappa shape index (κ3) is 6.51. The fourth-order valence-corrected chi connectivity index (χ4v) is 3.12. The molecule has 0 bridgehead atoms. The van der Waals surface area contributed by atoms with Crippen LogP contribution in [0, 0.1) is 5.92 Å². The van der Waals surface area contributed by atoms with Gasteiger partial charge in [-0.1, -0.05) is 11.6 Å². The summed E-state index contributed by atoms with van der Waals surface area (Å²) in [6, 6.07) is 1.99. The number of nitrogens with one attached hydrogen (secondary N) is 1. The molecule has 1 fully saturated rings. The van der Waals surface area contributed by atoms with Gasteiger partial charge in [-0.2, -0.15) is 0 Å². The zero-order valence-corrected chi connectivity index (χ0v) is 17.3. The average Bonchev–Trinajstić information content (AvgIpc) is 2.82. The van der Waals surface area contributed by atoms with Gasteiger partial charge in [0, 0.05) is 52.8 Å². The molecular formula is C16H28ClIN4O. The Bertz CT molecular complexity index is 500. The lowest BCUT2D eigenvalue weighted by Crippen LogP contribution is -2.39. The van der Waals surface area contributed by atoms with Crippen molar-refractivity contribution in [1.29, 1.82) is 0 Å². The molecule has 2 heterocycles. The fraction of sp³-hybridized carbons (Fsp3) is 0.688. The average molecular weight is 455 g/mol. The first kappa shape index (κ1) is 20.6. The van der Waals surface area contributed by atoms with Crippen LogP contribution in [0.15, 0.2) is 17.3 Å². The van der Waals surface area contributed by atoms with Crippen molar-refractivity contribution in [3.63, 3.8) is 0 Å². The Hall–Kier alpha value is -0.470. The normalized spacial score (nSPS) is 16.1. The second kappa shape index (κ2) is 10.4. The van der Waals surface area contributed by atoms with E-state index in [9.17, 15) is 0 Å². The Morgan fingerprint density at radius 3 is 2.74 bits per heavy atom. The number of halogens is 2. The summed E-state index contributed by atoms with van der Waals surface area (Å²) < 4.78 is 7.45. The number of nitrogens with zero attached hydrogens (tertiary/aromatic N) is 3. The zero-order chi connectivity index (χ0) is 15.9. The number of aromatic nitrogens is 1. The van der Waals surface area contributed by atoms with Crippen molar-refractivity contribution in [2.45, 2.75) is 25.8 Å². The lowest BCUT2D eigenvalue weighted by molar-refractivity contribution is 0.0643. The lowest BCUT2D eigenvalue weighted by atomic mass is 9.97. The number of aliphatic imine (C=N–C) groups is 1. The van der Waals surface area contributed by atoms with Gasteiger partial charge in [-0.05, 0) is 31.2 Å². The minimum absolute atomic E-state index is 0. The first-order chi connectivity index (χ1) is 10.6. The quantitative estimate of drug-likeness (QED) is 0.422. The summed E-state index contributed by atoms with van der Waals surface area (Å²) in [6.07, 6.45) is 5.45. The van der Waals surface area contributed by atoms with Crippen LogP contribution in [0.4, 0.5) is 0 Å². The van der Waals surface area contributed by atoms with Crippen molar-refractivity contribution in [3.05, 3.63) is 23.0 Å². The van der Waals surface area contributed by atoms with E-state index in [4.69, 9.17) is 16.3 Å². The highest BCUT2D eigenvalue weighted by molar-refractivity contribution is 14.0. The summed E-state index contributed by atoms with van der Waals surface area (Å²) >= 11 is 6.04. The van der Waals surface area contributed by atoms with Crippen molar-refractivity contribution in [2.75, 3.05) is 33.9 Å². The summed E-state index contributed by atoms with van der Waals surface area (Å²) in [6.45, 7) is 3.55. The highest BCUT2D eigenvalue weighted by atomic mass is 127. The Labute approximate surface area is 161 Å². The van der Waals surface area contributed by atoms with E-state index in [1.54, 1.807) is 0 Å². The number of hydrogen-bond donors (Lipinski definition) is 1. The van der Waals surface area contributed by atoms with Crippen LogP contribution in [-0.2, 0) is 18.3 Å². The monoisotopic (exact) mass is 454 g/mol. The van der Waals surface area contributed by atoms with E-state index in [0.717, 1.165) is 43.2 Å². The Morgan fingerprint density at radius 1 is 1.48 bits per heavy atom. The summed E-state index contributed by atoms with van der Waals surface area (Å²) in [5.41, 5.74) is 1.17. The molecule has 7 heteroatoms. The first-order valence-corrected chi connectivity index (χ1v) is 8.28. The molecule has 0 amide bonds. The molecule has 0 unspecified atom stereocenters. The van der Waals surface area contributed by atoms with Crippen LogP contribution in [0.1, 0.15) is 25.0 Å². The standard InChI is InChI=1S/C16H27ClN4O.HI/c1-18-16(19-7-4-13-5-8-22-9-6-13)21(3)12-15-10-14(17)11-20(15)2;/h10-11,13H,4-9,12H2,1-3H3,(H,18,19);1H. The van der Waals surface area contributed by atoms with E-state index in [1.165, 1.54) is 25.0 Å². The van der Waals surface area contributed by atoms with Crippen molar-refractivity contribution < 1.29 is 4.74 Å². The largest absolute Gasteiger partial charge is 0.381 e. The van der Waals surface area contributed by atoms with Crippen molar-refractivity contribution in [1.82, 2.24) is 14.8 Å². The van der Waals surface area contributed by atoms with Gasteiger partial charge in [-0.3, -0.25) is 4.99 Å². The molecule has 1 aromatic heterocycles. The van der Waals surface area contributed by atoms with Gasteiger partial charge in [0.05, 0.1) is 11.6 Å². The number of ether oxygens (including phenoxy) is 1. The first-order valence-electron chi connectivity index (χ1n) is 7.90. The van der Waals surface area contributed by atoms with E-state index in [-0.39, 0.29) is 24.0 Å². The van der Waals surface area contributed by atoms with E-state index >= 15 is 0 Å². The summed E-state index contributed by atoms with van der Waals surface area (Å²) in [7, 11) is 5.88. The van der Waals surface area contributed by atoms with Crippen LogP contribution in [0.5, 0.6) is 0 Å². The molecule has 1 aromatic rings. The topological polar surface area (TPSA) is 41.8 Å². The van der Waals surface area contributed by atoms with Gasteiger partial charge in [0.15, 0.2) is 5.96 Å². The molecule has 1 aliphatic heterocycles. The maximum atomic E-state index is 6.04. The fourth-order valence-electron chi connectivity index (χ4n) is 2.85. The minimum atomic E-state index is 0. The minimum Gasteiger partial charge on any atom is -0.381 e. The van der Waals surface area contributed by atoms with Gasteiger partial charge in [0.1, 0.15) is 0 Å². The van der Waals surface area contributed by atoms with Crippen molar-refractivity contribution in [3.8, 4) is 0 Å². The maximum absolute atomic E-state index is 6.04. The molecule has 5 nitrogen and oxygen atoms in total. The molecule has 0 saturated carbocycles. The van der Waals surface area contributed by atoms with E-state index in [1.807, 2.05) is 38.0 Å². The molecule has 1 saturated heterocycles. The highest BCUT2D eigenvalue weighted by Crippen LogP contribution is 2.17. The SMILES string of the molecule is CN=C(NCCC1CCOCC1)N(C)Cc1cc(Cl)cn1C.I. The predicted octanol–water partition coefficient (Wildman–Crippen LogP) is 3.12. The van der Waals surface area contributed by atoms with E-state index in [0.29, 0.717) is 0 Å². The molecule has 0 aliphatic carbocycles. The molecule has 1 N–H and O–H groups in total. The van der Waals surface area contributed by atoms with Crippen LogP contribution >= 0.6 is 35.6 Å². The number of rotatable bonds is 5. The molecule has 0 spiro atoms. The van der Waals surface area contributed by atoms with Crippen LogP contribution in [0.3, 0.4) is 0 Å². The highest BCUT2D eigenvalue weighted by Gasteiger charge is 2.14. The third-order valence-electron chi connectivity index (χ3n) is 4.22. The van der Waals surface area contributed by atoms with Crippen LogP contribution in [0.2, 0.25) is 5.02 Å². The lowest BCUT2D eigenvalue weighted by Gasteiger charge is -2.25. The number of aryl methyl sites for hydroxylation is 1. The molecule has 0 aromatic carbocycles. The van der Waals surface area contributed by atoms with Crippen LogP contribution in [0.25, 0.3) is 0 Å². The molecule has 2 rings (SSSR count). The predicted molar refractivity (Wildman–Crippen MR) is 107 cm³/mol. The van der Waals surface area contributed by atoms with Crippen LogP contribution in [-0.4, -0.2) is 49.3 Å². The zero-order valence-electron chi connectivity index (χ0n) is 14.2. The molecule has 1 aliphatic rings. The summed E-state index contributed by atoms with van der Waals surface area (Å²) in [4.78, 5) is 6.49. The third-order valence-corrected chi connectivity index (χ3v) is 4.43. The van der Waals surface area contributed by atoms with E-state index in [2.05, 4.69) is 15.2 Å². The van der Waals surface area contributed by atoms with Gasteiger partial charge < -0.3 is 19.5 Å². The van der Waals surface area contributed by atoms with Crippen molar-refractivity contribution >= 4 is 41.5 Å². The van der Waals surface area contributed by atoms with Gasteiger partial charge in [-0.25, -0.2) is 0 Å². The van der Waals surface area contributed by atoms with Gasteiger partial charge >= 0.3 is 0 Å². The molecule has 0 radical (unpaired) electrons. The second-order valence-corrected chi connectivity index (χ2v) is 6.37. The molecule has 0 atom stereocenters. The summed E-state index contributed by atoms with van der Waals surface area (Å²) in [5, 5.41) is 4.23. The van der Waals surface area contributed by atoms with Crippen LogP contribution < -0.4 is 5.32 Å². The molecule has 132 valence electrons. The second-order valence-electron chi connectivity index (χ2n) is 5.94. The molecular weight excluding hydrogens is 427 g/mol. The van der Waals surface area contributed by atoms with E-state index < -0.39 is 0 Å². The van der Waals surface area contributed by atoms with Crippen molar-refractivity contribution in [2.24, 2.45) is 18.0 Å². The maximum Gasteiger partial charge on any atom is 0.193 e. The number of guanidine groups is 1. The molecule has 23 heavy (non-hydrogen) atoms. The Kier molecular flexibility index (Phi) is 9.31. The smallest absolute Gasteiger partial charge is 0.193 e. The Morgan fingerprint density at radius 2 is 2.17 bits per heavy atom.